The summed E-state index contributed by atoms with van der Waals surface area (Å²) in [5.74, 6) is 2.06. The normalized spacial score (nSPS) is 10.6. The molecule has 0 spiro atoms. The highest BCUT2D eigenvalue weighted by atomic mass is 16.5. The second-order valence-electron chi connectivity index (χ2n) is 4.52. The van der Waals surface area contributed by atoms with E-state index in [1.54, 1.807) is 7.11 Å². The van der Waals surface area contributed by atoms with Gasteiger partial charge in [-0.3, -0.25) is 0 Å². The van der Waals surface area contributed by atoms with Crippen molar-refractivity contribution >= 4 is 5.82 Å². The summed E-state index contributed by atoms with van der Waals surface area (Å²) in [6.07, 6.45) is 4.28. The number of nitrogen functional groups attached to an aromatic ring is 1. The lowest BCUT2D eigenvalue weighted by atomic mass is 10.0. The molecule has 0 saturated carbocycles. The molecular formula is C15H20N2O2. The Kier molecular flexibility index (Phi) is 4.44. The number of para-hydroxylation sites is 1. The molecule has 0 aliphatic heterocycles. The van der Waals surface area contributed by atoms with Crippen molar-refractivity contribution in [2.45, 2.75) is 32.6 Å². The van der Waals surface area contributed by atoms with Gasteiger partial charge >= 0.3 is 0 Å². The smallest absolute Gasteiger partial charge is 0.175 e. The summed E-state index contributed by atoms with van der Waals surface area (Å²) in [6, 6.07) is 7.78. The predicted molar refractivity (Wildman–Crippen MR) is 76.1 cm³/mol. The van der Waals surface area contributed by atoms with Crippen molar-refractivity contribution in [2.24, 2.45) is 0 Å². The summed E-state index contributed by atoms with van der Waals surface area (Å²) < 4.78 is 10.7. The standard InChI is InChI=1S/C15H20N2O2/c1-3-4-5-10-13-14(15(16)17-19-13)11-8-6-7-9-12(11)18-2/h6-9H,3-5,10H2,1-2H3,(H2,16,17). The van der Waals surface area contributed by atoms with Crippen LogP contribution >= 0.6 is 0 Å². The number of hydrogen-bond donors (Lipinski definition) is 1. The quantitative estimate of drug-likeness (QED) is 0.805. The fourth-order valence-corrected chi connectivity index (χ4v) is 2.18. The minimum absolute atomic E-state index is 0.427. The summed E-state index contributed by atoms with van der Waals surface area (Å²) in [4.78, 5) is 0. The molecule has 0 saturated heterocycles. The Hall–Kier alpha value is -1.97. The molecule has 4 nitrogen and oxygen atoms in total. The first kappa shape index (κ1) is 13.5. The van der Waals surface area contributed by atoms with Crippen LogP contribution in [-0.2, 0) is 6.42 Å². The molecule has 0 amide bonds. The predicted octanol–water partition coefficient (Wildman–Crippen LogP) is 3.67. The number of nitrogens with two attached hydrogens (primary N) is 1. The van der Waals surface area contributed by atoms with E-state index in [1.165, 1.54) is 12.8 Å². The fourth-order valence-electron chi connectivity index (χ4n) is 2.18. The molecule has 1 aromatic carbocycles. The van der Waals surface area contributed by atoms with Crippen LogP contribution in [0.4, 0.5) is 5.82 Å². The lowest BCUT2D eigenvalue weighted by molar-refractivity contribution is 0.382. The van der Waals surface area contributed by atoms with Gasteiger partial charge in [-0.15, -0.1) is 0 Å². The van der Waals surface area contributed by atoms with E-state index in [0.717, 1.165) is 35.5 Å². The lowest BCUT2D eigenvalue weighted by Gasteiger charge is -2.08. The maximum atomic E-state index is 5.94. The van der Waals surface area contributed by atoms with Crippen LogP contribution in [0.1, 0.15) is 31.9 Å². The van der Waals surface area contributed by atoms with Gasteiger partial charge in [0.2, 0.25) is 0 Å². The highest BCUT2D eigenvalue weighted by Gasteiger charge is 2.18. The van der Waals surface area contributed by atoms with E-state index in [2.05, 4.69) is 12.1 Å². The van der Waals surface area contributed by atoms with Crippen LogP contribution in [0.3, 0.4) is 0 Å². The van der Waals surface area contributed by atoms with Gasteiger partial charge in [-0.1, -0.05) is 43.1 Å². The number of unbranched alkanes of at least 4 members (excludes halogenated alkanes) is 2. The molecule has 0 radical (unpaired) electrons. The fraction of sp³-hybridized carbons (Fsp3) is 0.400. The first-order valence-electron chi connectivity index (χ1n) is 6.65. The Morgan fingerprint density at radius 1 is 1.26 bits per heavy atom. The van der Waals surface area contributed by atoms with Gasteiger partial charge in [0.15, 0.2) is 5.82 Å². The number of hydrogen-bond acceptors (Lipinski definition) is 4. The SMILES string of the molecule is CCCCCc1onc(N)c1-c1ccccc1OC. The van der Waals surface area contributed by atoms with Crippen molar-refractivity contribution in [1.29, 1.82) is 0 Å². The Morgan fingerprint density at radius 3 is 2.79 bits per heavy atom. The number of nitrogens with zero attached hydrogens (tertiary/aromatic N) is 1. The molecular weight excluding hydrogens is 240 g/mol. The van der Waals surface area contributed by atoms with Gasteiger partial charge < -0.3 is 15.0 Å². The van der Waals surface area contributed by atoms with Crippen molar-refractivity contribution in [3.63, 3.8) is 0 Å². The van der Waals surface area contributed by atoms with Gasteiger partial charge in [-0.05, 0) is 12.5 Å². The van der Waals surface area contributed by atoms with Crippen molar-refractivity contribution in [3.05, 3.63) is 30.0 Å². The van der Waals surface area contributed by atoms with Gasteiger partial charge in [-0.2, -0.15) is 0 Å². The number of anilines is 1. The van der Waals surface area contributed by atoms with Crippen LogP contribution in [0, 0.1) is 0 Å². The molecule has 1 heterocycles. The van der Waals surface area contributed by atoms with Gasteiger partial charge in [0, 0.05) is 12.0 Å². The van der Waals surface area contributed by atoms with Crippen LogP contribution in [0.5, 0.6) is 5.75 Å². The van der Waals surface area contributed by atoms with E-state index < -0.39 is 0 Å². The van der Waals surface area contributed by atoms with E-state index in [0.29, 0.717) is 5.82 Å². The molecule has 0 aliphatic carbocycles. The molecule has 0 bridgehead atoms. The molecule has 2 N–H and O–H groups in total. The third kappa shape index (κ3) is 2.89. The van der Waals surface area contributed by atoms with Crippen molar-refractivity contribution in [2.75, 3.05) is 12.8 Å². The van der Waals surface area contributed by atoms with E-state index in [1.807, 2.05) is 24.3 Å². The number of ether oxygens (including phenoxy) is 1. The molecule has 0 atom stereocenters. The highest BCUT2D eigenvalue weighted by molar-refractivity contribution is 5.79. The highest BCUT2D eigenvalue weighted by Crippen LogP contribution is 2.36. The summed E-state index contributed by atoms with van der Waals surface area (Å²) >= 11 is 0. The second-order valence-corrected chi connectivity index (χ2v) is 4.52. The average molecular weight is 260 g/mol. The molecule has 0 unspecified atom stereocenters. The monoisotopic (exact) mass is 260 g/mol. The van der Waals surface area contributed by atoms with Crippen LogP contribution in [0.2, 0.25) is 0 Å². The second kappa shape index (κ2) is 6.27. The van der Waals surface area contributed by atoms with Crippen LogP contribution in [0.25, 0.3) is 11.1 Å². The summed E-state index contributed by atoms with van der Waals surface area (Å²) in [7, 11) is 1.65. The minimum Gasteiger partial charge on any atom is -0.496 e. The average Bonchev–Trinajstić information content (AvgIpc) is 2.80. The summed E-state index contributed by atoms with van der Waals surface area (Å²) in [5, 5.41) is 3.89. The van der Waals surface area contributed by atoms with Gasteiger partial charge in [0.05, 0.1) is 12.7 Å². The van der Waals surface area contributed by atoms with Gasteiger partial charge in [0.1, 0.15) is 11.5 Å². The molecule has 0 fully saturated rings. The zero-order chi connectivity index (χ0) is 13.7. The van der Waals surface area contributed by atoms with Crippen LogP contribution in [0.15, 0.2) is 28.8 Å². The topological polar surface area (TPSA) is 61.3 Å². The van der Waals surface area contributed by atoms with E-state index >= 15 is 0 Å². The van der Waals surface area contributed by atoms with Gasteiger partial charge in [0.25, 0.3) is 0 Å². The third-order valence-corrected chi connectivity index (χ3v) is 3.17. The zero-order valence-electron chi connectivity index (χ0n) is 11.5. The Balaban J connectivity index is 2.35. The number of benzene rings is 1. The number of methoxy groups -OCH3 is 1. The maximum Gasteiger partial charge on any atom is 0.175 e. The Labute approximate surface area is 113 Å². The van der Waals surface area contributed by atoms with Crippen LogP contribution < -0.4 is 10.5 Å². The minimum atomic E-state index is 0.427. The summed E-state index contributed by atoms with van der Waals surface area (Å²) in [5.41, 5.74) is 7.75. The zero-order valence-corrected chi connectivity index (χ0v) is 11.5. The molecule has 102 valence electrons. The Morgan fingerprint density at radius 2 is 2.05 bits per heavy atom. The first-order chi connectivity index (χ1) is 9.27. The number of aromatic nitrogens is 1. The Bertz CT molecular complexity index is 535. The summed E-state index contributed by atoms with van der Waals surface area (Å²) in [6.45, 7) is 2.18. The first-order valence-corrected chi connectivity index (χ1v) is 6.65. The van der Waals surface area contributed by atoms with Crippen LogP contribution in [-0.4, -0.2) is 12.3 Å². The van der Waals surface area contributed by atoms with E-state index in [9.17, 15) is 0 Å². The maximum absolute atomic E-state index is 5.94. The molecule has 19 heavy (non-hydrogen) atoms. The van der Waals surface area contributed by atoms with E-state index in [4.69, 9.17) is 15.0 Å². The largest absolute Gasteiger partial charge is 0.496 e. The van der Waals surface area contributed by atoms with E-state index in [-0.39, 0.29) is 0 Å². The number of aryl methyl sites for hydroxylation is 1. The molecule has 1 aromatic heterocycles. The van der Waals surface area contributed by atoms with Crippen molar-refractivity contribution < 1.29 is 9.26 Å². The van der Waals surface area contributed by atoms with Gasteiger partial charge in [-0.25, -0.2) is 0 Å². The van der Waals surface area contributed by atoms with Crippen molar-refractivity contribution in [3.8, 4) is 16.9 Å². The molecule has 2 rings (SSSR count). The molecule has 0 aliphatic rings. The van der Waals surface area contributed by atoms with Crippen molar-refractivity contribution in [1.82, 2.24) is 5.16 Å². The number of rotatable bonds is 6. The lowest BCUT2D eigenvalue weighted by Crippen LogP contribution is -1.94. The molecule has 2 aromatic rings. The third-order valence-electron chi connectivity index (χ3n) is 3.17. The molecule has 4 heteroatoms.